The summed E-state index contributed by atoms with van der Waals surface area (Å²) in [5.41, 5.74) is 1.35. The third-order valence-corrected chi connectivity index (χ3v) is 8.66. The largest absolute Gasteiger partial charge is 0.481 e. The molecule has 1 saturated carbocycles. The lowest BCUT2D eigenvalue weighted by Crippen LogP contribution is -2.62. The van der Waals surface area contributed by atoms with Gasteiger partial charge in [0.05, 0.1) is 12.7 Å². The summed E-state index contributed by atoms with van der Waals surface area (Å²) < 4.78 is 6.16. The van der Waals surface area contributed by atoms with Gasteiger partial charge in [-0.2, -0.15) is 0 Å². The molecule has 2 unspecified atom stereocenters. The molecule has 1 aliphatic heterocycles. The molecule has 1 spiro atoms. The maximum Gasteiger partial charge on any atom is 0.264 e. The second kappa shape index (κ2) is 12.2. The van der Waals surface area contributed by atoms with Crippen LogP contribution in [0.3, 0.4) is 0 Å². The van der Waals surface area contributed by atoms with Crippen LogP contribution < -0.4 is 10.1 Å². The van der Waals surface area contributed by atoms with Crippen LogP contribution in [0.2, 0.25) is 0 Å². The predicted octanol–water partition coefficient (Wildman–Crippen LogP) is 7.07. The second-order valence-electron chi connectivity index (χ2n) is 10.4. The van der Waals surface area contributed by atoms with E-state index in [1.54, 1.807) is 11.3 Å². The molecule has 1 aliphatic carbocycles. The van der Waals surface area contributed by atoms with E-state index in [2.05, 4.69) is 34.7 Å². The van der Waals surface area contributed by atoms with Crippen molar-refractivity contribution >= 4 is 17.2 Å². The van der Waals surface area contributed by atoms with E-state index >= 15 is 0 Å². The first-order valence-corrected chi connectivity index (χ1v) is 14.2. The second-order valence-corrected chi connectivity index (χ2v) is 11.4. The Morgan fingerprint density at radius 2 is 1.68 bits per heavy atom. The zero-order valence-corrected chi connectivity index (χ0v) is 21.9. The molecule has 1 amide bonds. The van der Waals surface area contributed by atoms with Gasteiger partial charge in [0, 0.05) is 10.3 Å². The Hall–Kier alpha value is -1.85. The van der Waals surface area contributed by atoms with E-state index in [1.807, 2.05) is 31.2 Å². The number of carbonyl (C=O) groups is 1. The summed E-state index contributed by atoms with van der Waals surface area (Å²) >= 11 is 1.74. The molecule has 2 heterocycles. The molecule has 186 valence electrons. The number of amides is 1. The molecule has 34 heavy (non-hydrogen) atoms. The number of benzene rings is 1. The van der Waals surface area contributed by atoms with Crippen LogP contribution >= 0.6 is 11.3 Å². The van der Waals surface area contributed by atoms with Crippen molar-refractivity contribution in [3.05, 3.63) is 52.2 Å². The highest BCUT2D eigenvalue weighted by atomic mass is 32.1. The van der Waals surface area contributed by atoms with Crippen molar-refractivity contribution in [1.82, 2.24) is 10.2 Å². The maximum atomic E-state index is 14.0. The first kappa shape index (κ1) is 25.2. The fourth-order valence-electron chi connectivity index (χ4n) is 5.93. The molecule has 4 nitrogen and oxygen atoms in total. The van der Waals surface area contributed by atoms with Crippen LogP contribution in [0.4, 0.5) is 0 Å². The normalized spacial score (nSPS) is 22.1. The van der Waals surface area contributed by atoms with Gasteiger partial charge in [0.1, 0.15) is 5.75 Å². The van der Waals surface area contributed by atoms with Crippen LogP contribution in [-0.2, 0) is 11.3 Å². The number of nitrogens with one attached hydrogen (secondary N) is 1. The highest BCUT2D eigenvalue weighted by Gasteiger charge is 2.45. The topological polar surface area (TPSA) is 41.6 Å². The van der Waals surface area contributed by atoms with Gasteiger partial charge >= 0.3 is 0 Å². The fraction of sp³-hybridized carbons (Fsp3) is 0.621. The third-order valence-electron chi connectivity index (χ3n) is 7.80. The maximum absolute atomic E-state index is 14.0. The SMILES string of the molecule is Cc1ccc(OC(C)C(=O)N(Cc2cccs2)C2NCCCC23CCCCCCCCC3)cc1. The summed E-state index contributed by atoms with van der Waals surface area (Å²) in [6.45, 7) is 5.60. The Balaban J connectivity index is 1.59. The minimum absolute atomic E-state index is 0.0688. The smallest absolute Gasteiger partial charge is 0.264 e. The molecule has 0 radical (unpaired) electrons. The van der Waals surface area contributed by atoms with Crippen LogP contribution in [0.1, 0.15) is 88.0 Å². The minimum Gasteiger partial charge on any atom is -0.481 e. The Morgan fingerprint density at radius 1 is 1.03 bits per heavy atom. The average Bonchev–Trinajstić information content (AvgIpc) is 3.37. The van der Waals surface area contributed by atoms with E-state index in [4.69, 9.17) is 4.74 Å². The van der Waals surface area contributed by atoms with Gasteiger partial charge in [0.25, 0.3) is 5.91 Å². The standard InChI is InChI=1S/C29H42N2O2S/c1-23-13-15-25(16-14-23)33-24(2)27(32)31(22-26-12-10-21-34-26)28-29(19-11-20-30-28)17-8-6-4-3-5-7-9-18-29/h10,12-16,21,24,28,30H,3-9,11,17-20,22H2,1-2H3. The predicted molar refractivity (Wildman–Crippen MR) is 141 cm³/mol. The van der Waals surface area contributed by atoms with E-state index < -0.39 is 6.10 Å². The van der Waals surface area contributed by atoms with Gasteiger partial charge in [-0.05, 0) is 69.7 Å². The first-order chi connectivity index (χ1) is 16.6. The van der Waals surface area contributed by atoms with Crippen molar-refractivity contribution in [2.45, 2.75) is 103 Å². The van der Waals surface area contributed by atoms with E-state index in [0.717, 1.165) is 12.3 Å². The Labute approximate surface area is 210 Å². The number of piperidine rings is 1. The average molecular weight is 483 g/mol. The lowest BCUT2D eigenvalue weighted by Gasteiger charge is -2.50. The number of thiophene rings is 1. The summed E-state index contributed by atoms with van der Waals surface area (Å²) in [5, 5.41) is 5.95. The number of carbonyl (C=O) groups excluding carboxylic acids is 1. The highest BCUT2D eigenvalue weighted by Crippen LogP contribution is 2.44. The van der Waals surface area contributed by atoms with Crippen LogP contribution in [-0.4, -0.2) is 29.6 Å². The summed E-state index contributed by atoms with van der Waals surface area (Å²) in [6, 6.07) is 12.2. The van der Waals surface area contributed by atoms with Gasteiger partial charge in [0.15, 0.2) is 6.10 Å². The van der Waals surface area contributed by atoms with Crippen molar-refractivity contribution in [2.24, 2.45) is 5.41 Å². The number of hydrogen-bond donors (Lipinski definition) is 1. The third kappa shape index (κ3) is 6.42. The van der Waals surface area contributed by atoms with Gasteiger partial charge in [0.2, 0.25) is 0 Å². The quantitative estimate of drug-likeness (QED) is 0.478. The zero-order valence-electron chi connectivity index (χ0n) is 21.1. The van der Waals surface area contributed by atoms with E-state index in [-0.39, 0.29) is 17.5 Å². The van der Waals surface area contributed by atoms with E-state index in [0.29, 0.717) is 6.54 Å². The van der Waals surface area contributed by atoms with Crippen molar-refractivity contribution in [1.29, 1.82) is 0 Å². The molecular formula is C29H42N2O2S. The zero-order chi connectivity index (χ0) is 23.8. The van der Waals surface area contributed by atoms with Crippen LogP contribution in [0.15, 0.2) is 41.8 Å². The van der Waals surface area contributed by atoms with Crippen molar-refractivity contribution in [3.8, 4) is 5.75 Å². The van der Waals surface area contributed by atoms with E-state index in [9.17, 15) is 4.79 Å². The highest BCUT2D eigenvalue weighted by molar-refractivity contribution is 7.09. The molecule has 2 fully saturated rings. The monoisotopic (exact) mass is 482 g/mol. The van der Waals surface area contributed by atoms with Crippen molar-refractivity contribution < 1.29 is 9.53 Å². The van der Waals surface area contributed by atoms with E-state index in [1.165, 1.54) is 81.1 Å². The van der Waals surface area contributed by atoms with Crippen LogP contribution in [0.25, 0.3) is 0 Å². The molecule has 1 saturated heterocycles. The number of nitrogens with zero attached hydrogens (tertiary/aromatic N) is 1. The van der Waals surface area contributed by atoms with Crippen LogP contribution in [0.5, 0.6) is 5.75 Å². The first-order valence-electron chi connectivity index (χ1n) is 13.4. The molecule has 5 heteroatoms. The fourth-order valence-corrected chi connectivity index (χ4v) is 6.63. The Morgan fingerprint density at radius 3 is 2.32 bits per heavy atom. The van der Waals surface area contributed by atoms with Gasteiger partial charge in [-0.1, -0.05) is 68.7 Å². The number of ether oxygens (including phenoxy) is 1. The van der Waals surface area contributed by atoms with Gasteiger partial charge in [-0.15, -0.1) is 11.3 Å². The summed E-state index contributed by atoms with van der Waals surface area (Å²) in [5.74, 6) is 0.845. The molecule has 4 rings (SSSR count). The number of aryl methyl sites for hydroxylation is 1. The minimum atomic E-state index is -0.525. The molecular weight excluding hydrogens is 440 g/mol. The van der Waals surface area contributed by atoms with Gasteiger partial charge < -0.3 is 9.64 Å². The molecule has 2 atom stereocenters. The molecule has 1 aromatic carbocycles. The summed E-state index contributed by atoms with van der Waals surface area (Å²) in [4.78, 5) is 17.4. The lowest BCUT2D eigenvalue weighted by molar-refractivity contribution is -0.148. The van der Waals surface area contributed by atoms with Gasteiger partial charge in [-0.3, -0.25) is 10.1 Å². The summed E-state index contributed by atoms with van der Waals surface area (Å²) in [6.07, 6.45) is 13.7. The van der Waals surface area contributed by atoms with Crippen LogP contribution in [0, 0.1) is 12.3 Å². The van der Waals surface area contributed by atoms with Crippen molar-refractivity contribution in [3.63, 3.8) is 0 Å². The Bertz CT molecular complexity index is 870. The summed E-state index contributed by atoms with van der Waals surface area (Å²) in [7, 11) is 0. The Kier molecular flexibility index (Phi) is 9.07. The lowest BCUT2D eigenvalue weighted by atomic mass is 9.69. The van der Waals surface area contributed by atoms with Crippen molar-refractivity contribution in [2.75, 3.05) is 6.54 Å². The number of rotatable bonds is 6. The molecule has 1 aromatic heterocycles. The molecule has 0 bridgehead atoms. The molecule has 1 N–H and O–H groups in total. The molecule has 2 aliphatic rings. The van der Waals surface area contributed by atoms with Gasteiger partial charge in [-0.25, -0.2) is 0 Å². The molecule has 2 aromatic rings. The number of hydrogen-bond acceptors (Lipinski definition) is 4.